The van der Waals surface area contributed by atoms with Gasteiger partial charge in [-0.05, 0) is 36.1 Å². The van der Waals surface area contributed by atoms with Crippen LogP contribution < -0.4 is 10.1 Å². The second kappa shape index (κ2) is 9.08. The molecule has 0 radical (unpaired) electrons. The molecule has 24 heavy (non-hydrogen) atoms. The smallest absolute Gasteiger partial charge is 0.261 e. The molecule has 0 aliphatic carbocycles. The molecule has 128 valence electrons. The molecule has 2 amide bonds. The summed E-state index contributed by atoms with van der Waals surface area (Å²) in [5, 5.41) is 4.62. The number of ether oxygens (including phenoxy) is 1. The zero-order valence-corrected chi connectivity index (χ0v) is 14.8. The average Bonchev–Trinajstić information content (AvgIpc) is 3.11. The molecule has 5 nitrogen and oxygen atoms in total. The third-order valence-corrected chi connectivity index (χ3v) is 4.32. The fraction of sp³-hybridized carbons (Fsp3) is 0.333. The molecule has 1 N–H and O–H groups in total. The minimum Gasteiger partial charge on any atom is -0.494 e. The number of carbonyl (C=O) groups excluding carboxylic acids is 2. The van der Waals surface area contributed by atoms with E-state index >= 15 is 0 Å². The van der Waals surface area contributed by atoms with Crippen LogP contribution >= 0.6 is 11.3 Å². The second-order valence-electron chi connectivity index (χ2n) is 5.31. The van der Waals surface area contributed by atoms with Crippen LogP contribution in [0.15, 0.2) is 41.8 Å². The predicted molar refractivity (Wildman–Crippen MR) is 95.4 cm³/mol. The Morgan fingerprint density at radius 1 is 1.21 bits per heavy atom. The van der Waals surface area contributed by atoms with Crippen LogP contribution in [0.1, 0.15) is 28.6 Å². The quantitative estimate of drug-likeness (QED) is 0.799. The van der Waals surface area contributed by atoms with E-state index in [9.17, 15) is 9.59 Å². The minimum absolute atomic E-state index is 0.00429. The van der Waals surface area contributed by atoms with Crippen LogP contribution in [-0.2, 0) is 11.3 Å². The fourth-order valence-electron chi connectivity index (χ4n) is 2.19. The Kier molecular flexibility index (Phi) is 6.81. The van der Waals surface area contributed by atoms with Crippen LogP contribution in [0.5, 0.6) is 5.75 Å². The number of nitrogens with one attached hydrogen (secondary N) is 1. The van der Waals surface area contributed by atoms with Crippen molar-refractivity contribution in [3.05, 3.63) is 52.2 Å². The maximum Gasteiger partial charge on any atom is 0.261 e. The lowest BCUT2D eigenvalue weighted by atomic mass is 10.2. The van der Waals surface area contributed by atoms with Gasteiger partial charge in [0.15, 0.2) is 0 Å². The highest BCUT2D eigenvalue weighted by atomic mass is 32.1. The molecule has 0 aliphatic heterocycles. The molecule has 0 saturated carbocycles. The van der Waals surface area contributed by atoms with Gasteiger partial charge in [0.25, 0.3) is 5.91 Å². The molecule has 1 aromatic carbocycles. The first kappa shape index (κ1) is 18.0. The highest BCUT2D eigenvalue weighted by Crippen LogP contribution is 2.13. The van der Waals surface area contributed by atoms with Crippen molar-refractivity contribution in [2.45, 2.75) is 19.9 Å². The molecule has 0 aliphatic rings. The van der Waals surface area contributed by atoms with Gasteiger partial charge in [0.1, 0.15) is 5.75 Å². The number of nitrogens with zero attached hydrogens (tertiary/aromatic N) is 1. The third kappa shape index (κ3) is 5.38. The Bertz CT molecular complexity index is 653. The molecular weight excluding hydrogens is 324 g/mol. The highest BCUT2D eigenvalue weighted by Gasteiger charge is 2.11. The van der Waals surface area contributed by atoms with Crippen molar-refractivity contribution >= 4 is 23.2 Å². The minimum atomic E-state index is -0.132. The average molecular weight is 346 g/mol. The summed E-state index contributed by atoms with van der Waals surface area (Å²) in [5.74, 6) is 0.689. The van der Waals surface area contributed by atoms with E-state index < -0.39 is 0 Å². The summed E-state index contributed by atoms with van der Waals surface area (Å²) in [4.78, 5) is 26.3. The molecular formula is C18H22N2O3S. The van der Waals surface area contributed by atoms with Gasteiger partial charge in [-0.1, -0.05) is 18.2 Å². The van der Waals surface area contributed by atoms with Crippen molar-refractivity contribution in [2.75, 3.05) is 20.2 Å². The normalized spacial score (nSPS) is 10.2. The van der Waals surface area contributed by atoms with Gasteiger partial charge < -0.3 is 15.0 Å². The van der Waals surface area contributed by atoms with Crippen molar-refractivity contribution < 1.29 is 14.3 Å². The summed E-state index contributed by atoms with van der Waals surface area (Å²) < 4.78 is 5.40. The van der Waals surface area contributed by atoms with E-state index in [4.69, 9.17) is 4.74 Å². The number of benzene rings is 1. The fourth-order valence-corrected chi connectivity index (χ4v) is 2.83. The van der Waals surface area contributed by atoms with E-state index in [1.807, 2.05) is 42.6 Å². The van der Waals surface area contributed by atoms with Crippen LogP contribution in [0.2, 0.25) is 0 Å². The van der Waals surface area contributed by atoms with E-state index in [0.29, 0.717) is 24.6 Å². The molecule has 0 bridgehead atoms. The zero-order valence-electron chi connectivity index (χ0n) is 14.0. The van der Waals surface area contributed by atoms with Gasteiger partial charge >= 0.3 is 0 Å². The Labute approximate surface area is 146 Å². The lowest BCUT2D eigenvalue weighted by molar-refractivity contribution is -0.130. The van der Waals surface area contributed by atoms with Crippen LogP contribution in [0, 0.1) is 0 Å². The Hall–Kier alpha value is -2.34. The largest absolute Gasteiger partial charge is 0.494 e. The van der Waals surface area contributed by atoms with E-state index in [1.54, 1.807) is 18.0 Å². The Morgan fingerprint density at radius 3 is 2.58 bits per heavy atom. The van der Waals surface area contributed by atoms with Gasteiger partial charge in [-0.25, -0.2) is 0 Å². The summed E-state index contributed by atoms with van der Waals surface area (Å²) in [7, 11) is 1.76. The Morgan fingerprint density at radius 2 is 1.96 bits per heavy atom. The van der Waals surface area contributed by atoms with Gasteiger partial charge in [0.2, 0.25) is 5.91 Å². The summed E-state index contributed by atoms with van der Waals surface area (Å²) in [5.41, 5.74) is 1.04. The number of rotatable bonds is 8. The van der Waals surface area contributed by atoms with E-state index in [1.165, 1.54) is 11.3 Å². The number of carbonyl (C=O) groups is 2. The van der Waals surface area contributed by atoms with E-state index in [0.717, 1.165) is 11.3 Å². The molecule has 0 atom stereocenters. The number of amides is 2. The van der Waals surface area contributed by atoms with E-state index in [-0.39, 0.29) is 18.2 Å². The molecule has 0 unspecified atom stereocenters. The van der Waals surface area contributed by atoms with Crippen molar-refractivity contribution in [3.63, 3.8) is 0 Å². The maximum absolute atomic E-state index is 12.1. The summed E-state index contributed by atoms with van der Waals surface area (Å²) in [6, 6.07) is 11.3. The van der Waals surface area contributed by atoms with Gasteiger partial charge in [0, 0.05) is 26.6 Å². The lowest BCUT2D eigenvalue weighted by Crippen LogP contribution is -2.31. The lowest BCUT2D eigenvalue weighted by Gasteiger charge is -2.17. The maximum atomic E-state index is 12.1. The molecule has 1 heterocycles. The second-order valence-corrected chi connectivity index (χ2v) is 6.26. The van der Waals surface area contributed by atoms with Gasteiger partial charge in [-0.3, -0.25) is 9.59 Å². The third-order valence-electron chi connectivity index (χ3n) is 3.45. The SMILES string of the molecule is CCOc1ccc(CN(C)C(=O)CCNC(=O)c2cccs2)cc1. The zero-order chi connectivity index (χ0) is 17.4. The standard InChI is InChI=1S/C18H22N2O3S/c1-3-23-15-8-6-14(7-9-15)13-20(2)17(21)10-11-19-18(22)16-5-4-12-24-16/h4-9,12H,3,10-11,13H2,1-2H3,(H,19,22). The monoisotopic (exact) mass is 346 g/mol. The predicted octanol–water partition coefficient (Wildman–Crippen LogP) is 2.93. The first-order valence-electron chi connectivity index (χ1n) is 7.87. The van der Waals surface area contributed by atoms with Crippen LogP contribution in [0.4, 0.5) is 0 Å². The van der Waals surface area contributed by atoms with Crippen molar-refractivity contribution in [1.29, 1.82) is 0 Å². The first-order chi connectivity index (χ1) is 11.6. The first-order valence-corrected chi connectivity index (χ1v) is 8.75. The summed E-state index contributed by atoms with van der Waals surface area (Å²) >= 11 is 1.38. The molecule has 2 rings (SSSR count). The van der Waals surface area contributed by atoms with Crippen molar-refractivity contribution in [3.8, 4) is 5.75 Å². The van der Waals surface area contributed by atoms with Gasteiger partial charge in [-0.15, -0.1) is 11.3 Å². The van der Waals surface area contributed by atoms with Crippen LogP contribution in [0.3, 0.4) is 0 Å². The summed E-state index contributed by atoms with van der Waals surface area (Å²) in [6.07, 6.45) is 0.282. The highest BCUT2D eigenvalue weighted by molar-refractivity contribution is 7.12. The van der Waals surface area contributed by atoms with Gasteiger partial charge in [-0.2, -0.15) is 0 Å². The number of hydrogen-bond donors (Lipinski definition) is 1. The van der Waals surface area contributed by atoms with E-state index in [2.05, 4.69) is 5.32 Å². The van der Waals surface area contributed by atoms with Crippen molar-refractivity contribution in [1.82, 2.24) is 10.2 Å². The number of thiophene rings is 1. The van der Waals surface area contributed by atoms with Crippen LogP contribution in [-0.4, -0.2) is 36.9 Å². The molecule has 0 spiro atoms. The topological polar surface area (TPSA) is 58.6 Å². The van der Waals surface area contributed by atoms with Crippen molar-refractivity contribution in [2.24, 2.45) is 0 Å². The molecule has 1 aromatic heterocycles. The molecule has 0 fully saturated rings. The molecule has 2 aromatic rings. The van der Waals surface area contributed by atoms with Crippen LogP contribution in [0.25, 0.3) is 0 Å². The molecule has 0 saturated heterocycles. The summed E-state index contributed by atoms with van der Waals surface area (Å²) in [6.45, 7) is 3.44. The Balaban J connectivity index is 1.74. The number of hydrogen-bond acceptors (Lipinski definition) is 4. The molecule has 6 heteroatoms. The van der Waals surface area contributed by atoms with Gasteiger partial charge in [0.05, 0.1) is 11.5 Å².